The van der Waals surface area contributed by atoms with Crippen LogP contribution in [0.15, 0.2) is 60.7 Å². The Morgan fingerprint density at radius 3 is 0.735 bits per heavy atom. The largest absolute Gasteiger partial charge is 0.366 e. The van der Waals surface area contributed by atoms with Gasteiger partial charge in [0.15, 0.2) is 15.5 Å². The van der Waals surface area contributed by atoms with Crippen LogP contribution in [0.1, 0.15) is 0 Å². The van der Waals surface area contributed by atoms with E-state index in [9.17, 15) is 0 Å². The van der Waals surface area contributed by atoms with E-state index in [1.54, 1.807) is 10.4 Å². The number of rotatable bonds is 9. The van der Waals surface area contributed by atoms with E-state index in [0.29, 0.717) is 0 Å². The van der Waals surface area contributed by atoms with Crippen LogP contribution in [-0.2, 0) is 0 Å². The average molecular weight is 561 g/mol. The number of hydrogen-bond acceptors (Lipinski definition) is 2. The van der Waals surface area contributed by atoms with Gasteiger partial charge < -0.3 is 7.79 Å². The zero-order chi connectivity index (χ0) is 26.4. The van der Waals surface area contributed by atoms with Gasteiger partial charge in [-0.15, -0.1) is 0 Å². The zero-order valence-corrected chi connectivity index (χ0v) is 30.7. The molecule has 2 atom stereocenters. The molecule has 0 aliphatic rings. The minimum Gasteiger partial charge on any atom is -0.366 e. The van der Waals surface area contributed by atoms with Crippen molar-refractivity contribution in [2.24, 2.45) is 0 Å². The molecule has 2 rings (SSSR count). The summed E-state index contributed by atoms with van der Waals surface area (Å²) in [4.78, 5) is 0. The normalized spacial score (nSPS) is 17.5. The third-order valence-electron chi connectivity index (χ3n) is 7.20. The third kappa shape index (κ3) is 5.64. The van der Waals surface area contributed by atoms with Crippen molar-refractivity contribution < 1.29 is 0 Å². The molecule has 2 nitrogen and oxygen atoms in total. The van der Waals surface area contributed by atoms with Crippen molar-refractivity contribution in [2.45, 2.75) is 91.7 Å². The van der Waals surface area contributed by atoms with Crippen LogP contribution in [0.2, 0.25) is 91.7 Å². The fourth-order valence-electron chi connectivity index (χ4n) is 7.48. The highest BCUT2D eigenvalue weighted by molar-refractivity contribution is 7.54. The van der Waals surface area contributed by atoms with Gasteiger partial charge in [0.1, 0.15) is 32.9 Å². The molecule has 0 saturated carbocycles. The van der Waals surface area contributed by atoms with Gasteiger partial charge >= 0.3 is 0 Å². The predicted octanol–water partition coefficient (Wildman–Crippen LogP) is 6.97. The van der Waals surface area contributed by atoms with Gasteiger partial charge in [0.05, 0.1) is 0 Å². The molecule has 0 aliphatic heterocycles. The monoisotopic (exact) mass is 560 g/mol. The molecule has 0 bridgehead atoms. The molecule has 2 aromatic rings. The van der Waals surface area contributed by atoms with E-state index in [-0.39, 0.29) is 0 Å². The molecule has 0 unspecified atom stereocenters. The summed E-state index contributed by atoms with van der Waals surface area (Å²) in [5.74, 6) is 0. The van der Waals surface area contributed by atoms with E-state index in [1.165, 1.54) is 0 Å². The van der Waals surface area contributed by atoms with E-state index >= 15 is 0 Å². The molecule has 190 valence electrons. The lowest BCUT2D eigenvalue weighted by atomic mass is 10.4. The number of nitrogens with zero attached hydrogens (tertiary/aromatic N) is 2. The van der Waals surface area contributed by atoms with Gasteiger partial charge in [-0.2, -0.15) is 0 Å². The fourth-order valence-corrected chi connectivity index (χ4v) is 77.7. The summed E-state index contributed by atoms with van der Waals surface area (Å²) >= 11 is 0. The maximum Gasteiger partial charge on any atom is 0.155 e. The molecule has 0 fully saturated rings. The van der Waals surface area contributed by atoms with Crippen molar-refractivity contribution in [1.82, 2.24) is 7.79 Å². The molecule has 0 aromatic heterocycles. The minimum absolute atomic E-state index is 1.65. The van der Waals surface area contributed by atoms with Crippen LogP contribution in [0.4, 0.5) is 0 Å². The third-order valence-corrected chi connectivity index (χ3v) is 52.1. The molecule has 0 N–H and O–H groups in total. The summed E-state index contributed by atoms with van der Waals surface area (Å²) in [7, 11) is -11.0. The maximum absolute atomic E-state index is 3.29. The van der Waals surface area contributed by atoms with Gasteiger partial charge in [-0.05, 0) is 10.4 Å². The molecule has 0 aliphatic carbocycles. The van der Waals surface area contributed by atoms with Crippen LogP contribution in [0, 0.1) is 0 Å². The van der Waals surface area contributed by atoms with Gasteiger partial charge in [-0.1, -0.05) is 152 Å². The second-order valence-electron chi connectivity index (χ2n) is 14.2. The molecule has 34 heavy (non-hydrogen) atoms. The lowest BCUT2D eigenvalue weighted by Gasteiger charge is -2.66. The first-order chi connectivity index (χ1) is 15.2. The average Bonchev–Trinajstić information content (AvgIpc) is 2.64. The van der Waals surface area contributed by atoms with Crippen molar-refractivity contribution >= 4 is 58.8 Å². The van der Waals surface area contributed by atoms with Crippen molar-refractivity contribution in [3.05, 3.63) is 60.7 Å². The maximum atomic E-state index is 3.29. The van der Waals surface area contributed by atoms with Crippen LogP contribution in [-0.4, -0.2) is 56.2 Å². The van der Waals surface area contributed by atoms with Crippen molar-refractivity contribution in [3.8, 4) is 0 Å². The van der Waals surface area contributed by atoms with E-state index < -0.39 is 48.4 Å². The molecule has 0 spiro atoms. The van der Waals surface area contributed by atoms with Gasteiger partial charge in [0.2, 0.25) is 0 Å². The zero-order valence-electron chi connectivity index (χ0n) is 24.7. The summed E-state index contributed by atoms with van der Waals surface area (Å²) in [6.45, 7) is 37.0. The number of benzene rings is 2. The summed E-state index contributed by atoms with van der Waals surface area (Å²) in [6, 6.07) is 23.6. The SMILES string of the molecule is C[Si](C)(C)N([Si](C)(C)C)[Si@](C)(c1ccccc1)[Si@@](C)(c1ccccc1)N([Si](C)(C)C)[Si](C)(C)C. The fraction of sp³-hybridized carbons (Fsp3) is 0.538. The standard InChI is InChI=1S/C26H52N2Si6/c1-29(2,3)27(30(4,5)6)33(13,25-21-17-15-18-22-25)34(14,26-23-19-16-20-24-26)28(31(7,8)9)32(10,11)12/h15-24H,1-14H3/t33-,34-/m0/s1. The van der Waals surface area contributed by atoms with E-state index in [0.717, 1.165) is 0 Å². The molecular weight excluding hydrogens is 509 g/mol. The van der Waals surface area contributed by atoms with E-state index in [2.05, 4.69) is 160 Å². The number of hydrogen-bond donors (Lipinski definition) is 0. The van der Waals surface area contributed by atoms with Crippen LogP contribution >= 0.6 is 0 Å². The highest BCUT2D eigenvalue weighted by Gasteiger charge is 2.65. The Morgan fingerprint density at radius 2 is 0.559 bits per heavy atom. The smallest absolute Gasteiger partial charge is 0.155 e. The minimum atomic E-state index is -2.21. The highest BCUT2D eigenvalue weighted by Crippen LogP contribution is 2.39. The Balaban J connectivity index is 3.21. The van der Waals surface area contributed by atoms with Gasteiger partial charge in [-0.25, -0.2) is 0 Å². The first-order valence-electron chi connectivity index (χ1n) is 12.9. The highest BCUT2D eigenvalue weighted by atomic mass is 29.3. The first-order valence-corrected chi connectivity index (χ1v) is 32.6. The summed E-state index contributed by atoms with van der Waals surface area (Å²) < 4.78 is 6.57. The predicted molar refractivity (Wildman–Crippen MR) is 172 cm³/mol. The second-order valence-corrected chi connectivity index (χ2v) is 48.2. The van der Waals surface area contributed by atoms with Crippen LogP contribution in [0.25, 0.3) is 0 Å². The summed E-state index contributed by atoms with van der Waals surface area (Å²) in [5.41, 5.74) is 0. The quantitative estimate of drug-likeness (QED) is 0.305. The molecule has 0 saturated heterocycles. The van der Waals surface area contributed by atoms with Gasteiger partial charge in [-0.3, -0.25) is 0 Å². The lowest BCUT2D eigenvalue weighted by Crippen LogP contribution is -2.94. The Bertz CT molecular complexity index is 834. The summed E-state index contributed by atoms with van der Waals surface area (Å²) in [6.07, 6.45) is 0. The molecule has 2 aromatic carbocycles. The first kappa shape index (κ1) is 29.9. The van der Waals surface area contributed by atoms with E-state index in [1.807, 2.05) is 0 Å². The molecular formula is C26H52N2Si6. The Kier molecular flexibility index (Phi) is 8.66. The van der Waals surface area contributed by atoms with E-state index in [4.69, 9.17) is 0 Å². The van der Waals surface area contributed by atoms with Crippen LogP contribution < -0.4 is 10.4 Å². The van der Waals surface area contributed by atoms with Gasteiger partial charge in [0.25, 0.3) is 0 Å². The van der Waals surface area contributed by atoms with Crippen molar-refractivity contribution in [1.29, 1.82) is 0 Å². The topological polar surface area (TPSA) is 6.48 Å². The molecule has 8 heteroatoms. The summed E-state index contributed by atoms with van der Waals surface area (Å²) in [5, 5.41) is 3.30. The Morgan fingerprint density at radius 1 is 0.353 bits per heavy atom. The van der Waals surface area contributed by atoms with Crippen molar-refractivity contribution in [2.75, 3.05) is 0 Å². The lowest BCUT2D eigenvalue weighted by molar-refractivity contribution is 0.878. The Labute approximate surface area is 218 Å². The molecule has 0 heterocycles. The molecule has 0 radical (unpaired) electrons. The van der Waals surface area contributed by atoms with Crippen LogP contribution in [0.5, 0.6) is 0 Å². The second kappa shape index (κ2) is 9.85. The van der Waals surface area contributed by atoms with Gasteiger partial charge in [0, 0.05) is 0 Å². The Hall–Kier alpha value is -0.339. The van der Waals surface area contributed by atoms with Crippen molar-refractivity contribution in [3.63, 3.8) is 0 Å². The van der Waals surface area contributed by atoms with Crippen LogP contribution in [0.3, 0.4) is 0 Å². The molecule has 0 amide bonds.